The van der Waals surface area contributed by atoms with Gasteiger partial charge in [0.15, 0.2) is 0 Å². The summed E-state index contributed by atoms with van der Waals surface area (Å²) >= 11 is 0. The maximum absolute atomic E-state index is 12.2. The molecule has 0 unspecified atom stereocenters. The molecule has 0 atom stereocenters. The van der Waals surface area contributed by atoms with Crippen LogP contribution in [0.25, 0.3) is 0 Å². The van der Waals surface area contributed by atoms with Gasteiger partial charge in [0.25, 0.3) is 0 Å². The molecular formula is C25H41NO. The summed E-state index contributed by atoms with van der Waals surface area (Å²) in [7, 11) is 0. The second-order valence-corrected chi connectivity index (χ2v) is 7.43. The van der Waals surface area contributed by atoms with Gasteiger partial charge in [0.1, 0.15) is 0 Å². The second kappa shape index (κ2) is 16.6. The number of rotatable bonds is 14. The zero-order valence-electron chi connectivity index (χ0n) is 17.8. The van der Waals surface area contributed by atoms with Crippen molar-refractivity contribution >= 4 is 5.91 Å². The van der Waals surface area contributed by atoms with Gasteiger partial charge >= 0.3 is 0 Å². The molecule has 0 radical (unpaired) electrons. The highest BCUT2D eigenvalue weighted by Crippen LogP contribution is 2.15. The number of hydrogen-bond acceptors (Lipinski definition) is 1. The minimum atomic E-state index is 0.330. The summed E-state index contributed by atoms with van der Waals surface area (Å²) in [6.45, 7) is 6.18. The van der Waals surface area contributed by atoms with Gasteiger partial charge < -0.3 is 4.90 Å². The van der Waals surface area contributed by atoms with Crippen molar-refractivity contribution in [3.63, 3.8) is 0 Å². The van der Waals surface area contributed by atoms with Crippen LogP contribution in [0.2, 0.25) is 0 Å². The summed E-state index contributed by atoms with van der Waals surface area (Å²) in [6, 6.07) is 0. The van der Waals surface area contributed by atoms with Crippen LogP contribution in [0.1, 0.15) is 90.9 Å². The second-order valence-electron chi connectivity index (χ2n) is 7.43. The number of unbranched alkanes of at least 4 members (excludes halogenated alkanes) is 5. The zero-order valence-corrected chi connectivity index (χ0v) is 17.8. The molecule has 0 spiro atoms. The average Bonchev–Trinajstić information content (AvgIpc) is 2.70. The van der Waals surface area contributed by atoms with E-state index in [2.05, 4.69) is 56.4 Å². The topological polar surface area (TPSA) is 20.3 Å². The molecule has 2 heteroatoms. The van der Waals surface area contributed by atoms with Crippen LogP contribution in [-0.4, -0.2) is 23.9 Å². The molecule has 0 aromatic rings. The third-order valence-electron chi connectivity index (χ3n) is 5.14. The van der Waals surface area contributed by atoms with Crippen molar-refractivity contribution in [2.24, 2.45) is 0 Å². The molecule has 27 heavy (non-hydrogen) atoms. The highest BCUT2D eigenvalue weighted by atomic mass is 16.2. The molecule has 1 heterocycles. The van der Waals surface area contributed by atoms with Crippen molar-refractivity contribution in [2.75, 3.05) is 13.1 Å². The first-order valence-electron chi connectivity index (χ1n) is 11.2. The van der Waals surface area contributed by atoms with Gasteiger partial charge in [0, 0.05) is 19.5 Å². The lowest BCUT2D eigenvalue weighted by Crippen LogP contribution is -2.34. The predicted molar refractivity (Wildman–Crippen MR) is 119 cm³/mol. The first kappa shape index (κ1) is 23.5. The Morgan fingerprint density at radius 2 is 1.56 bits per heavy atom. The van der Waals surface area contributed by atoms with Crippen LogP contribution in [-0.2, 0) is 4.79 Å². The Labute approximate surface area is 168 Å². The molecule has 0 saturated heterocycles. The van der Waals surface area contributed by atoms with Gasteiger partial charge in [-0.3, -0.25) is 4.79 Å². The number of amides is 1. The largest absolute Gasteiger partial charge is 0.339 e. The summed E-state index contributed by atoms with van der Waals surface area (Å²) in [4.78, 5) is 14.2. The third-order valence-corrected chi connectivity index (χ3v) is 5.14. The van der Waals surface area contributed by atoms with Crippen molar-refractivity contribution in [2.45, 2.75) is 90.9 Å². The monoisotopic (exact) mass is 371 g/mol. The minimum absolute atomic E-state index is 0.330. The Morgan fingerprint density at radius 3 is 2.11 bits per heavy atom. The SMILES string of the molecule is CCCCC/C=C/C/C=C/C/C=C/CCCCC(=O)N1CC=C(CC)CC1. The van der Waals surface area contributed by atoms with Gasteiger partial charge in [0.05, 0.1) is 0 Å². The van der Waals surface area contributed by atoms with Gasteiger partial charge in [-0.1, -0.05) is 74.8 Å². The lowest BCUT2D eigenvalue weighted by Gasteiger charge is -2.26. The maximum atomic E-state index is 12.2. The number of hydrogen-bond donors (Lipinski definition) is 0. The Kier molecular flexibility index (Phi) is 14.4. The maximum Gasteiger partial charge on any atom is 0.222 e. The van der Waals surface area contributed by atoms with Crippen LogP contribution in [0.15, 0.2) is 48.1 Å². The van der Waals surface area contributed by atoms with Crippen molar-refractivity contribution in [1.29, 1.82) is 0 Å². The number of carbonyl (C=O) groups excluding carboxylic acids is 1. The molecule has 0 fully saturated rings. The summed E-state index contributed by atoms with van der Waals surface area (Å²) < 4.78 is 0. The molecule has 1 aliphatic heterocycles. The molecular weight excluding hydrogens is 330 g/mol. The molecule has 0 N–H and O–H groups in total. The molecule has 1 aliphatic rings. The fraction of sp³-hybridized carbons (Fsp3) is 0.640. The van der Waals surface area contributed by atoms with E-state index in [-0.39, 0.29) is 0 Å². The smallest absolute Gasteiger partial charge is 0.222 e. The summed E-state index contributed by atoms with van der Waals surface area (Å²) in [6.07, 6.45) is 29.1. The van der Waals surface area contributed by atoms with Crippen molar-refractivity contribution < 1.29 is 4.79 Å². The van der Waals surface area contributed by atoms with Gasteiger partial charge in [-0.25, -0.2) is 0 Å². The molecule has 0 saturated carbocycles. The van der Waals surface area contributed by atoms with Gasteiger partial charge in [-0.05, 0) is 57.8 Å². The number of nitrogens with zero attached hydrogens (tertiary/aromatic N) is 1. The first-order valence-corrected chi connectivity index (χ1v) is 11.2. The van der Waals surface area contributed by atoms with E-state index < -0.39 is 0 Å². The molecule has 152 valence electrons. The molecule has 0 bridgehead atoms. The quantitative estimate of drug-likeness (QED) is 0.234. The fourth-order valence-corrected chi connectivity index (χ4v) is 3.25. The lowest BCUT2D eigenvalue weighted by molar-refractivity contribution is -0.131. The van der Waals surface area contributed by atoms with Crippen LogP contribution in [0.4, 0.5) is 0 Å². The van der Waals surface area contributed by atoms with Gasteiger partial charge in [-0.2, -0.15) is 0 Å². The fourth-order valence-electron chi connectivity index (χ4n) is 3.25. The van der Waals surface area contributed by atoms with E-state index in [1.165, 1.54) is 31.3 Å². The van der Waals surface area contributed by atoms with Crippen molar-refractivity contribution in [3.05, 3.63) is 48.1 Å². The molecule has 0 aromatic heterocycles. The molecule has 1 rings (SSSR count). The normalized spacial score (nSPS) is 15.3. The molecule has 2 nitrogen and oxygen atoms in total. The highest BCUT2D eigenvalue weighted by Gasteiger charge is 2.15. The van der Waals surface area contributed by atoms with Gasteiger partial charge in [-0.15, -0.1) is 0 Å². The van der Waals surface area contributed by atoms with Crippen LogP contribution in [0.5, 0.6) is 0 Å². The Bertz CT molecular complexity index is 498. The average molecular weight is 372 g/mol. The first-order chi connectivity index (χ1) is 13.3. The summed E-state index contributed by atoms with van der Waals surface area (Å²) in [5.74, 6) is 0.330. The van der Waals surface area contributed by atoms with E-state index in [1.807, 2.05) is 4.90 Å². The van der Waals surface area contributed by atoms with E-state index in [9.17, 15) is 4.79 Å². The van der Waals surface area contributed by atoms with Crippen LogP contribution in [0, 0.1) is 0 Å². The predicted octanol–water partition coefficient (Wildman–Crippen LogP) is 7.14. The Balaban J connectivity index is 1.96. The van der Waals surface area contributed by atoms with Crippen LogP contribution in [0.3, 0.4) is 0 Å². The van der Waals surface area contributed by atoms with Crippen molar-refractivity contribution in [1.82, 2.24) is 4.90 Å². The van der Waals surface area contributed by atoms with E-state index >= 15 is 0 Å². The third kappa shape index (κ3) is 12.4. The van der Waals surface area contributed by atoms with Crippen LogP contribution >= 0.6 is 0 Å². The standard InChI is InChI=1S/C25H41NO/c1-3-5-6-7-8-9-10-11-12-13-14-15-16-17-18-19-25(27)26-22-20-24(4-2)21-23-26/h8-9,11-12,14-15,20H,3-7,10,13,16-19,21-23H2,1-2H3/b9-8+,12-11+,15-14+. The van der Waals surface area contributed by atoms with E-state index in [0.29, 0.717) is 12.3 Å². The highest BCUT2D eigenvalue weighted by molar-refractivity contribution is 5.76. The van der Waals surface area contributed by atoms with E-state index in [0.717, 1.165) is 58.0 Å². The molecule has 0 aliphatic carbocycles. The van der Waals surface area contributed by atoms with Crippen molar-refractivity contribution in [3.8, 4) is 0 Å². The van der Waals surface area contributed by atoms with Gasteiger partial charge in [0.2, 0.25) is 5.91 Å². The van der Waals surface area contributed by atoms with E-state index in [1.54, 1.807) is 0 Å². The number of carbonyl (C=O) groups is 1. The lowest BCUT2D eigenvalue weighted by atomic mass is 10.1. The summed E-state index contributed by atoms with van der Waals surface area (Å²) in [5.41, 5.74) is 1.50. The summed E-state index contributed by atoms with van der Waals surface area (Å²) in [5, 5.41) is 0. The Morgan fingerprint density at radius 1 is 0.926 bits per heavy atom. The Hall–Kier alpha value is -1.57. The molecule has 0 aromatic carbocycles. The van der Waals surface area contributed by atoms with Crippen LogP contribution < -0.4 is 0 Å². The number of allylic oxidation sites excluding steroid dienone is 6. The minimum Gasteiger partial charge on any atom is -0.339 e. The molecule has 1 amide bonds. The zero-order chi connectivity index (χ0) is 19.6. The van der Waals surface area contributed by atoms with E-state index in [4.69, 9.17) is 0 Å².